The molecule has 1 saturated heterocycles. The van der Waals surface area contributed by atoms with E-state index < -0.39 is 0 Å². The van der Waals surface area contributed by atoms with Crippen LogP contribution >= 0.6 is 12.4 Å². The van der Waals surface area contributed by atoms with Gasteiger partial charge in [0.1, 0.15) is 6.04 Å². The molecule has 0 amide bonds. The number of methoxy groups -OCH3 is 1. The Hall–Kier alpha value is -0.280. The van der Waals surface area contributed by atoms with E-state index in [0.717, 1.165) is 12.5 Å². The number of hydrogen-bond acceptors (Lipinski definition) is 3. The molecule has 14 heavy (non-hydrogen) atoms. The van der Waals surface area contributed by atoms with E-state index in [1.54, 1.807) is 0 Å². The van der Waals surface area contributed by atoms with Gasteiger partial charge < -0.3 is 10.1 Å². The van der Waals surface area contributed by atoms with Crippen LogP contribution in [-0.4, -0.2) is 25.7 Å². The van der Waals surface area contributed by atoms with Gasteiger partial charge in [0.2, 0.25) is 0 Å². The minimum atomic E-state index is -0.0746. The highest BCUT2D eigenvalue weighted by atomic mass is 35.5. The maximum absolute atomic E-state index is 11.4. The third-order valence-electron chi connectivity index (χ3n) is 3.45. The molecule has 3 atom stereocenters. The van der Waals surface area contributed by atoms with E-state index in [4.69, 9.17) is 4.74 Å². The van der Waals surface area contributed by atoms with Crippen LogP contribution < -0.4 is 5.32 Å². The van der Waals surface area contributed by atoms with Crippen molar-refractivity contribution in [2.24, 2.45) is 11.8 Å². The molecule has 0 spiro atoms. The second kappa shape index (κ2) is 4.99. The number of carbonyl (C=O) groups is 1. The lowest BCUT2D eigenvalue weighted by atomic mass is 9.78. The molecule has 0 aromatic rings. The predicted octanol–water partition coefficient (Wildman–Crippen LogP) is 1.36. The average Bonchev–Trinajstić information content (AvgIpc) is 2.60. The first-order valence-electron chi connectivity index (χ1n) is 5.14. The van der Waals surface area contributed by atoms with Gasteiger partial charge in [-0.15, -0.1) is 12.4 Å². The van der Waals surface area contributed by atoms with Crippen molar-refractivity contribution in [2.75, 3.05) is 13.7 Å². The standard InChI is InChI=1S/C10H17NO2.ClH/c1-13-10(12)9-8-5-3-2-4-7(8)6-11-9;/h7-9,11H,2-6H2,1H3;1H. The number of nitrogens with one attached hydrogen (secondary N) is 1. The second-order valence-corrected chi connectivity index (χ2v) is 4.12. The Balaban J connectivity index is 0.000000980. The molecular formula is C10H18ClNO2. The van der Waals surface area contributed by atoms with E-state index in [1.165, 1.54) is 32.8 Å². The van der Waals surface area contributed by atoms with Crippen molar-refractivity contribution >= 4 is 18.4 Å². The first kappa shape index (κ1) is 11.8. The number of halogens is 1. The van der Waals surface area contributed by atoms with E-state index >= 15 is 0 Å². The van der Waals surface area contributed by atoms with Crippen molar-refractivity contribution < 1.29 is 9.53 Å². The summed E-state index contributed by atoms with van der Waals surface area (Å²) in [6.45, 7) is 1.00. The Bertz CT molecular complexity index is 210. The number of fused-ring (bicyclic) bond motifs is 1. The van der Waals surface area contributed by atoms with Crippen molar-refractivity contribution in [3.05, 3.63) is 0 Å². The number of esters is 1. The Morgan fingerprint density at radius 1 is 1.36 bits per heavy atom. The van der Waals surface area contributed by atoms with Gasteiger partial charge >= 0.3 is 5.97 Å². The van der Waals surface area contributed by atoms with Gasteiger partial charge in [-0.2, -0.15) is 0 Å². The van der Waals surface area contributed by atoms with Crippen LogP contribution in [0.5, 0.6) is 0 Å². The van der Waals surface area contributed by atoms with Gasteiger partial charge in [0, 0.05) is 0 Å². The Morgan fingerprint density at radius 2 is 2.07 bits per heavy atom. The maximum atomic E-state index is 11.4. The minimum Gasteiger partial charge on any atom is -0.468 e. The smallest absolute Gasteiger partial charge is 0.323 e. The van der Waals surface area contributed by atoms with E-state index in [1.807, 2.05) is 0 Å². The zero-order chi connectivity index (χ0) is 9.26. The summed E-state index contributed by atoms with van der Waals surface area (Å²) in [4.78, 5) is 11.4. The highest BCUT2D eigenvalue weighted by Crippen LogP contribution is 2.36. The van der Waals surface area contributed by atoms with Gasteiger partial charge in [-0.25, -0.2) is 0 Å². The lowest BCUT2D eigenvalue weighted by Gasteiger charge is -2.26. The van der Waals surface area contributed by atoms with Gasteiger partial charge in [-0.3, -0.25) is 4.79 Å². The summed E-state index contributed by atoms with van der Waals surface area (Å²) in [7, 11) is 1.47. The fourth-order valence-corrected chi connectivity index (χ4v) is 2.74. The molecule has 1 N–H and O–H groups in total. The summed E-state index contributed by atoms with van der Waals surface area (Å²) in [6.07, 6.45) is 5.08. The summed E-state index contributed by atoms with van der Waals surface area (Å²) in [5.41, 5.74) is 0. The zero-order valence-corrected chi connectivity index (χ0v) is 9.31. The quantitative estimate of drug-likeness (QED) is 0.677. The third kappa shape index (κ3) is 2.04. The summed E-state index contributed by atoms with van der Waals surface area (Å²) >= 11 is 0. The molecular weight excluding hydrogens is 202 g/mol. The van der Waals surface area contributed by atoms with Crippen LogP contribution in [0.15, 0.2) is 0 Å². The molecule has 4 heteroatoms. The molecule has 3 unspecified atom stereocenters. The molecule has 1 aliphatic carbocycles. The van der Waals surface area contributed by atoms with E-state index in [2.05, 4.69) is 5.32 Å². The normalized spacial score (nSPS) is 35.6. The first-order valence-corrected chi connectivity index (χ1v) is 5.14. The van der Waals surface area contributed by atoms with Crippen molar-refractivity contribution in [3.63, 3.8) is 0 Å². The monoisotopic (exact) mass is 219 g/mol. The summed E-state index contributed by atoms with van der Waals surface area (Å²) < 4.78 is 4.78. The summed E-state index contributed by atoms with van der Waals surface area (Å²) in [5.74, 6) is 1.19. The molecule has 82 valence electrons. The Kier molecular flexibility index (Phi) is 4.20. The molecule has 2 rings (SSSR count). The maximum Gasteiger partial charge on any atom is 0.323 e. The molecule has 2 fully saturated rings. The van der Waals surface area contributed by atoms with Crippen LogP contribution in [0.1, 0.15) is 25.7 Å². The van der Waals surface area contributed by atoms with Crippen molar-refractivity contribution in [1.82, 2.24) is 5.32 Å². The number of rotatable bonds is 1. The molecule has 2 aliphatic rings. The summed E-state index contributed by atoms with van der Waals surface area (Å²) in [5, 5.41) is 3.27. The molecule has 1 saturated carbocycles. The highest BCUT2D eigenvalue weighted by Gasteiger charge is 2.41. The Morgan fingerprint density at radius 3 is 2.79 bits per heavy atom. The lowest BCUT2D eigenvalue weighted by Crippen LogP contribution is -2.37. The van der Waals surface area contributed by atoms with Crippen LogP contribution in [0, 0.1) is 11.8 Å². The van der Waals surface area contributed by atoms with Gasteiger partial charge in [0.15, 0.2) is 0 Å². The average molecular weight is 220 g/mol. The Labute approximate surface area is 91.0 Å². The molecule has 0 aromatic heterocycles. The fraction of sp³-hybridized carbons (Fsp3) is 0.900. The summed E-state index contributed by atoms with van der Waals surface area (Å²) in [6, 6.07) is -0.0182. The van der Waals surface area contributed by atoms with Crippen LogP contribution in [0.3, 0.4) is 0 Å². The lowest BCUT2D eigenvalue weighted by molar-refractivity contribution is -0.144. The predicted molar refractivity (Wildman–Crippen MR) is 56.5 cm³/mol. The number of carbonyl (C=O) groups excluding carboxylic acids is 1. The SMILES string of the molecule is COC(=O)C1NCC2CCCCC21.Cl. The van der Waals surface area contributed by atoms with Crippen LogP contribution in [-0.2, 0) is 9.53 Å². The van der Waals surface area contributed by atoms with Crippen LogP contribution in [0.4, 0.5) is 0 Å². The van der Waals surface area contributed by atoms with Gasteiger partial charge in [-0.1, -0.05) is 12.8 Å². The second-order valence-electron chi connectivity index (χ2n) is 4.12. The first-order chi connectivity index (χ1) is 6.33. The highest BCUT2D eigenvalue weighted by molar-refractivity contribution is 5.85. The van der Waals surface area contributed by atoms with Gasteiger partial charge in [0.05, 0.1) is 7.11 Å². The van der Waals surface area contributed by atoms with Crippen LogP contribution in [0.25, 0.3) is 0 Å². The third-order valence-corrected chi connectivity index (χ3v) is 3.45. The largest absolute Gasteiger partial charge is 0.468 e. The van der Waals surface area contributed by atoms with Gasteiger partial charge in [-0.05, 0) is 31.2 Å². The fourth-order valence-electron chi connectivity index (χ4n) is 2.74. The van der Waals surface area contributed by atoms with E-state index in [-0.39, 0.29) is 24.4 Å². The number of hydrogen-bond donors (Lipinski definition) is 1. The zero-order valence-electron chi connectivity index (χ0n) is 8.49. The molecule has 0 radical (unpaired) electrons. The molecule has 0 aromatic carbocycles. The molecule has 0 bridgehead atoms. The minimum absolute atomic E-state index is 0. The van der Waals surface area contributed by atoms with Gasteiger partial charge in [0.25, 0.3) is 0 Å². The molecule has 1 aliphatic heterocycles. The molecule has 1 heterocycles. The topological polar surface area (TPSA) is 38.3 Å². The number of ether oxygens (including phenoxy) is 1. The van der Waals surface area contributed by atoms with E-state index in [9.17, 15) is 4.79 Å². The van der Waals surface area contributed by atoms with Crippen LogP contribution in [0.2, 0.25) is 0 Å². The molecule has 3 nitrogen and oxygen atoms in total. The van der Waals surface area contributed by atoms with Crippen molar-refractivity contribution in [1.29, 1.82) is 0 Å². The van der Waals surface area contributed by atoms with Crippen molar-refractivity contribution in [3.8, 4) is 0 Å². The van der Waals surface area contributed by atoms with Crippen molar-refractivity contribution in [2.45, 2.75) is 31.7 Å². The van der Waals surface area contributed by atoms with E-state index in [0.29, 0.717) is 5.92 Å².